The number of halogens is 3. The number of carbonyl (C=O) groups is 1. The lowest BCUT2D eigenvalue weighted by molar-refractivity contribution is -0.274. The normalized spacial score (nSPS) is 17.1. The van der Waals surface area contributed by atoms with Crippen LogP contribution in [0.4, 0.5) is 23.7 Å². The first-order valence-electron chi connectivity index (χ1n) is 13.9. The van der Waals surface area contributed by atoms with Crippen molar-refractivity contribution in [3.63, 3.8) is 0 Å². The molecule has 1 aromatic heterocycles. The molecule has 1 saturated heterocycles. The van der Waals surface area contributed by atoms with Gasteiger partial charge in [0, 0.05) is 23.5 Å². The first-order valence-corrected chi connectivity index (χ1v) is 14.8. The largest absolute Gasteiger partial charge is 0.573 e. The van der Waals surface area contributed by atoms with Crippen molar-refractivity contribution in [2.24, 2.45) is 4.99 Å². The number of urea groups is 1. The zero-order chi connectivity index (χ0) is 30.2. The fourth-order valence-corrected chi connectivity index (χ4v) is 6.22. The average Bonchev–Trinajstić information content (AvgIpc) is 3.57. The third-order valence-corrected chi connectivity index (χ3v) is 8.58. The third-order valence-electron chi connectivity index (χ3n) is 7.51. The highest BCUT2D eigenvalue weighted by molar-refractivity contribution is 8.14. The van der Waals surface area contributed by atoms with Crippen LogP contribution in [0.1, 0.15) is 36.0 Å². The highest BCUT2D eigenvalue weighted by atomic mass is 32.2. The number of carbonyl (C=O) groups excluding carboxylic acids is 1. The summed E-state index contributed by atoms with van der Waals surface area (Å²) in [5.41, 5.74) is 5.25. The minimum atomic E-state index is -4.75. The number of thioether (sulfide) groups is 1. The van der Waals surface area contributed by atoms with Crippen molar-refractivity contribution >= 4 is 28.6 Å². The number of alkyl halides is 3. The number of hydrogen-bond acceptors (Lipinski definition) is 5. The van der Waals surface area contributed by atoms with Crippen LogP contribution in [0.5, 0.6) is 5.75 Å². The van der Waals surface area contributed by atoms with E-state index >= 15 is 0 Å². The van der Waals surface area contributed by atoms with Crippen LogP contribution in [-0.4, -0.2) is 44.6 Å². The number of ether oxygens (including phenoxy) is 1. The summed E-state index contributed by atoms with van der Waals surface area (Å²) in [5.74, 6) is 1.07. The summed E-state index contributed by atoms with van der Waals surface area (Å²) in [4.78, 5) is 24.2. The summed E-state index contributed by atoms with van der Waals surface area (Å²) in [6.07, 6.45) is -0.601. The van der Waals surface area contributed by atoms with E-state index in [4.69, 9.17) is 0 Å². The van der Waals surface area contributed by atoms with Gasteiger partial charge in [0.1, 0.15) is 12.1 Å². The summed E-state index contributed by atoms with van der Waals surface area (Å²) in [6.45, 7) is 4.98. The van der Waals surface area contributed by atoms with Gasteiger partial charge in [-0.2, -0.15) is 4.99 Å². The van der Waals surface area contributed by atoms with Crippen molar-refractivity contribution in [1.29, 1.82) is 0 Å². The average molecular weight is 607 g/mol. The maximum Gasteiger partial charge on any atom is 0.573 e. The molecule has 2 heterocycles. The van der Waals surface area contributed by atoms with Crippen molar-refractivity contribution in [2.45, 2.75) is 45.0 Å². The Labute approximate surface area is 251 Å². The van der Waals surface area contributed by atoms with Crippen LogP contribution in [0, 0.1) is 13.8 Å². The maximum absolute atomic E-state index is 13.2. The molecular weight excluding hydrogens is 577 g/mol. The van der Waals surface area contributed by atoms with Gasteiger partial charge >= 0.3 is 12.4 Å². The molecule has 8 nitrogen and oxygen atoms in total. The zero-order valence-corrected chi connectivity index (χ0v) is 24.4. The second kappa shape index (κ2) is 11.4. The van der Waals surface area contributed by atoms with Gasteiger partial charge in [-0.3, -0.25) is 0 Å². The van der Waals surface area contributed by atoms with Gasteiger partial charge in [0.05, 0.1) is 11.2 Å². The highest BCUT2D eigenvalue weighted by Gasteiger charge is 2.46. The number of nitrogens with one attached hydrogen (secondary N) is 1. The first kappa shape index (κ1) is 28.8. The van der Waals surface area contributed by atoms with E-state index in [-0.39, 0.29) is 11.8 Å². The first-order chi connectivity index (χ1) is 20.6. The molecule has 0 unspecified atom stereocenters. The van der Waals surface area contributed by atoms with E-state index in [1.54, 1.807) is 11.8 Å². The second-order valence-corrected chi connectivity index (χ2v) is 11.7. The van der Waals surface area contributed by atoms with Crippen molar-refractivity contribution in [2.75, 3.05) is 17.2 Å². The maximum atomic E-state index is 13.2. The number of amides is 2. The van der Waals surface area contributed by atoms with Crippen LogP contribution in [0.25, 0.3) is 17.1 Å². The number of rotatable bonds is 6. The van der Waals surface area contributed by atoms with Gasteiger partial charge in [-0.1, -0.05) is 54.2 Å². The molecule has 6 rings (SSSR count). The van der Waals surface area contributed by atoms with Gasteiger partial charge in [0.15, 0.2) is 11.0 Å². The Morgan fingerprint density at radius 1 is 1.02 bits per heavy atom. The number of hydrogen-bond donors (Lipinski definition) is 1. The number of aliphatic imine (C=N–C) groups is 1. The molecule has 1 aliphatic heterocycles. The Morgan fingerprint density at radius 2 is 1.72 bits per heavy atom. The second-order valence-electron chi connectivity index (χ2n) is 10.6. The van der Waals surface area contributed by atoms with Crippen LogP contribution in [0.15, 0.2) is 78.0 Å². The SMILES string of the molecule is Cc1cccc(C)c1N1CCCS/C1=N\C(=O)NC1(c2ccc(-c3ncn(-c4ccc(OC(F)(F)F)cc4)n3)cc2)CC1. The molecular formula is C31H29F3N6O2S. The molecule has 0 atom stereocenters. The molecule has 12 heteroatoms. The van der Waals surface area contributed by atoms with E-state index in [0.29, 0.717) is 11.5 Å². The molecule has 43 heavy (non-hydrogen) atoms. The summed E-state index contributed by atoms with van der Waals surface area (Å²) < 4.78 is 42.7. The third kappa shape index (κ3) is 6.38. The Bertz CT molecular complexity index is 1640. The van der Waals surface area contributed by atoms with E-state index in [9.17, 15) is 18.0 Å². The predicted octanol–water partition coefficient (Wildman–Crippen LogP) is 7.15. The van der Waals surface area contributed by atoms with E-state index in [1.807, 2.05) is 30.3 Å². The van der Waals surface area contributed by atoms with Crippen molar-refractivity contribution in [3.05, 3.63) is 89.7 Å². The highest BCUT2D eigenvalue weighted by Crippen LogP contribution is 2.46. The molecule has 1 aliphatic carbocycles. The Hall–Kier alpha value is -4.32. The topological polar surface area (TPSA) is 84.6 Å². The molecule has 222 valence electrons. The predicted molar refractivity (Wildman–Crippen MR) is 161 cm³/mol. The van der Waals surface area contributed by atoms with Crippen LogP contribution in [0.2, 0.25) is 0 Å². The van der Waals surface area contributed by atoms with E-state index < -0.39 is 11.9 Å². The van der Waals surface area contributed by atoms with Gasteiger partial charge < -0.3 is 15.0 Å². The molecule has 0 spiro atoms. The van der Waals surface area contributed by atoms with E-state index in [2.05, 4.69) is 56.0 Å². The van der Waals surface area contributed by atoms with E-state index in [1.165, 1.54) is 35.3 Å². The minimum absolute atomic E-state index is 0.309. The van der Waals surface area contributed by atoms with Gasteiger partial charge in [0.2, 0.25) is 0 Å². The number of benzene rings is 3. The standard InChI is InChI=1S/C31H29F3N6O2S/c1-20-5-3-6-21(2)26(20)39-17-4-18-43-29(39)36-28(41)37-30(15-16-30)23-9-7-22(8-10-23)27-35-19-40(38-27)24-11-13-25(14-12-24)42-31(32,33)34/h3,5-14,19H,4,15-18H2,1-2H3,(H,37,41)/b36-29-. The van der Waals surface area contributed by atoms with Crippen LogP contribution in [-0.2, 0) is 5.54 Å². The number of para-hydroxylation sites is 1. The van der Waals surface area contributed by atoms with E-state index in [0.717, 1.165) is 64.7 Å². The van der Waals surface area contributed by atoms with Crippen molar-refractivity contribution in [1.82, 2.24) is 20.1 Å². The molecule has 2 aliphatic rings. The van der Waals surface area contributed by atoms with Gasteiger partial charge in [-0.15, -0.1) is 18.3 Å². The molecule has 2 fully saturated rings. The fraction of sp³-hybridized carbons (Fsp3) is 0.290. The van der Waals surface area contributed by atoms with Crippen LogP contribution in [0.3, 0.4) is 0 Å². The van der Waals surface area contributed by atoms with Gasteiger partial charge in [-0.25, -0.2) is 14.5 Å². The lowest BCUT2D eigenvalue weighted by Gasteiger charge is -2.32. The number of nitrogens with zero attached hydrogens (tertiary/aromatic N) is 5. The van der Waals surface area contributed by atoms with Crippen LogP contribution < -0.4 is 15.0 Å². The monoisotopic (exact) mass is 606 g/mol. The lowest BCUT2D eigenvalue weighted by Crippen LogP contribution is -2.38. The molecule has 0 radical (unpaired) electrons. The van der Waals surface area contributed by atoms with Gasteiger partial charge in [-0.05, 0) is 74.1 Å². The molecule has 2 amide bonds. The minimum Gasteiger partial charge on any atom is -0.406 e. The fourth-order valence-electron chi connectivity index (χ4n) is 5.28. The lowest BCUT2D eigenvalue weighted by atomic mass is 10.0. The summed E-state index contributed by atoms with van der Waals surface area (Å²) in [5, 5.41) is 8.34. The summed E-state index contributed by atoms with van der Waals surface area (Å²) in [6, 6.07) is 18.9. The number of aromatic nitrogens is 3. The molecule has 1 saturated carbocycles. The Balaban J connectivity index is 1.14. The van der Waals surface area contributed by atoms with Crippen molar-refractivity contribution < 1.29 is 22.7 Å². The summed E-state index contributed by atoms with van der Waals surface area (Å²) >= 11 is 1.60. The van der Waals surface area contributed by atoms with Crippen molar-refractivity contribution in [3.8, 4) is 22.8 Å². The zero-order valence-electron chi connectivity index (χ0n) is 23.6. The quantitative estimate of drug-likeness (QED) is 0.251. The molecule has 3 aromatic carbocycles. The number of aryl methyl sites for hydroxylation is 2. The molecule has 4 aromatic rings. The number of amidine groups is 1. The summed E-state index contributed by atoms with van der Waals surface area (Å²) in [7, 11) is 0. The smallest absolute Gasteiger partial charge is 0.406 e. The Kier molecular flexibility index (Phi) is 7.63. The Morgan fingerprint density at radius 3 is 2.37 bits per heavy atom. The molecule has 0 bridgehead atoms. The number of anilines is 1. The molecule has 1 N–H and O–H groups in total. The van der Waals surface area contributed by atoms with Crippen LogP contribution >= 0.6 is 11.8 Å². The van der Waals surface area contributed by atoms with Gasteiger partial charge in [0.25, 0.3) is 0 Å².